The number of imidazole rings is 1. The average molecular weight is 309 g/mol. The molecule has 90 valence electrons. The van der Waals surface area contributed by atoms with Gasteiger partial charge in [0.1, 0.15) is 17.2 Å². The van der Waals surface area contributed by atoms with Gasteiger partial charge in [-0.3, -0.25) is 0 Å². The third kappa shape index (κ3) is 1.80. The van der Waals surface area contributed by atoms with Crippen LogP contribution in [0.2, 0.25) is 0 Å². The van der Waals surface area contributed by atoms with Gasteiger partial charge in [-0.15, -0.1) is 0 Å². The van der Waals surface area contributed by atoms with Crippen LogP contribution in [0.3, 0.4) is 0 Å². The maximum Gasteiger partial charge on any atom is 0.151 e. The Balaban J connectivity index is 2.26. The van der Waals surface area contributed by atoms with E-state index in [-0.39, 0.29) is 5.52 Å². The van der Waals surface area contributed by atoms with Gasteiger partial charge in [0.15, 0.2) is 5.82 Å². The summed E-state index contributed by atoms with van der Waals surface area (Å²) in [6.45, 7) is 0. The molecule has 2 nitrogen and oxygen atoms in total. The number of hydrogen-bond donors (Lipinski definition) is 1. The van der Waals surface area contributed by atoms with E-state index in [1.807, 2.05) is 0 Å². The highest BCUT2D eigenvalue weighted by Crippen LogP contribution is 2.26. The van der Waals surface area contributed by atoms with Crippen LogP contribution in [0.4, 0.5) is 8.78 Å². The zero-order valence-electron chi connectivity index (χ0n) is 9.05. The molecule has 5 heteroatoms. The Morgan fingerprint density at radius 3 is 2.67 bits per heavy atom. The summed E-state index contributed by atoms with van der Waals surface area (Å²) < 4.78 is 28.0. The van der Waals surface area contributed by atoms with Gasteiger partial charge in [-0.1, -0.05) is 22.0 Å². The van der Waals surface area contributed by atoms with Crippen LogP contribution in [0.15, 0.2) is 40.9 Å². The molecule has 1 aromatic heterocycles. The van der Waals surface area contributed by atoms with Gasteiger partial charge >= 0.3 is 0 Å². The fraction of sp³-hybridized carbons (Fsp3) is 0. The average Bonchev–Trinajstić information content (AvgIpc) is 2.77. The van der Waals surface area contributed by atoms with E-state index in [9.17, 15) is 8.78 Å². The summed E-state index contributed by atoms with van der Waals surface area (Å²) in [5.41, 5.74) is 1.07. The van der Waals surface area contributed by atoms with Crippen molar-refractivity contribution in [2.24, 2.45) is 0 Å². The zero-order valence-corrected chi connectivity index (χ0v) is 10.6. The van der Waals surface area contributed by atoms with Crippen LogP contribution in [-0.4, -0.2) is 9.97 Å². The van der Waals surface area contributed by atoms with E-state index in [2.05, 4.69) is 25.9 Å². The van der Waals surface area contributed by atoms with E-state index >= 15 is 0 Å². The molecule has 3 rings (SSSR count). The van der Waals surface area contributed by atoms with E-state index in [1.54, 1.807) is 24.3 Å². The van der Waals surface area contributed by atoms with Gasteiger partial charge < -0.3 is 4.98 Å². The van der Waals surface area contributed by atoms with E-state index in [0.29, 0.717) is 16.9 Å². The first-order chi connectivity index (χ1) is 8.65. The number of para-hydroxylation sites is 1. The van der Waals surface area contributed by atoms with Crippen molar-refractivity contribution in [2.45, 2.75) is 0 Å². The highest BCUT2D eigenvalue weighted by molar-refractivity contribution is 9.10. The summed E-state index contributed by atoms with van der Waals surface area (Å²) in [4.78, 5) is 7.00. The summed E-state index contributed by atoms with van der Waals surface area (Å²) in [6.07, 6.45) is 0. The molecule has 0 amide bonds. The topological polar surface area (TPSA) is 28.7 Å². The first-order valence-corrected chi connectivity index (χ1v) is 6.04. The molecule has 18 heavy (non-hydrogen) atoms. The number of benzene rings is 2. The van der Waals surface area contributed by atoms with Gasteiger partial charge in [-0.2, -0.15) is 0 Å². The second kappa shape index (κ2) is 4.17. The van der Waals surface area contributed by atoms with E-state index < -0.39 is 11.6 Å². The van der Waals surface area contributed by atoms with Crippen molar-refractivity contribution in [1.29, 1.82) is 0 Å². The van der Waals surface area contributed by atoms with Crippen molar-refractivity contribution in [1.82, 2.24) is 9.97 Å². The van der Waals surface area contributed by atoms with Gasteiger partial charge in [-0.05, 0) is 30.3 Å². The summed E-state index contributed by atoms with van der Waals surface area (Å²) in [7, 11) is 0. The molecule has 0 aliphatic rings. The number of fused-ring (bicyclic) bond motifs is 1. The molecule has 1 N–H and O–H groups in total. The molecule has 0 aliphatic heterocycles. The molecule has 2 aromatic carbocycles. The van der Waals surface area contributed by atoms with Gasteiger partial charge in [-0.25, -0.2) is 13.8 Å². The van der Waals surface area contributed by atoms with Crippen LogP contribution in [0.1, 0.15) is 0 Å². The first-order valence-electron chi connectivity index (χ1n) is 5.25. The Morgan fingerprint density at radius 1 is 1.06 bits per heavy atom. The minimum Gasteiger partial charge on any atom is -0.338 e. The lowest BCUT2D eigenvalue weighted by molar-refractivity contribution is 0.629. The number of hydrogen-bond acceptors (Lipinski definition) is 1. The molecule has 0 aliphatic carbocycles. The van der Waals surface area contributed by atoms with Crippen molar-refractivity contribution in [2.75, 3.05) is 0 Å². The molecule has 0 spiro atoms. The predicted molar refractivity (Wildman–Crippen MR) is 69.1 cm³/mol. The highest BCUT2D eigenvalue weighted by atomic mass is 79.9. The summed E-state index contributed by atoms with van der Waals surface area (Å²) in [6, 6.07) is 9.14. The number of nitrogens with zero attached hydrogens (tertiary/aromatic N) is 1. The Labute approximate surface area is 110 Å². The molecule has 0 atom stereocenters. The molecule has 0 fully saturated rings. The lowest BCUT2D eigenvalue weighted by Crippen LogP contribution is -1.86. The standard InChI is InChI=1S/C13H7BrF2N2/c14-7-4-5-9(15)8(6-7)13-17-11-3-1-2-10(16)12(11)18-13/h1-6H,(H,17,18). The summed E-state index contributed by atoms with van der Waals surface area (Å²) in [5, 5.41) is 0. The van der Waals surface area contributed by atoms with Gasteiger partial charge in [0.05, 0.1) is 11.1 Å². The molecule has 0 bridgehead atoms. The number of halogens is 3. The van der Waals surface area contributed by atoms with Crippen LogP contribution in [0.5, 0.6) is 0 Å². The Hall–Kier alpha value is -1.75. The number of aromatic amines is 1. The molecule has 1 heterocycles. The quantitative estimate of drug-likeness (QED) is 0.714. The van der Waals surface area contributed by atoms with Crippen LogP contribution in [0, 0.1) is 11.6 Å². The van der Waals surface area contributed by atoms with Crippen molar-refractivity contribution < 1.29 is 8.78 Å². The summed E-state index contributed by atoms with van der Waals surface area (Å²) in [5.74, 6) is -0.517. The Morgan fingerprint density at radius 2 is 1.89 bits per heavy atom. The predicted octanol–water partition coefficient (Wildman–Crippen LogP) is 4.27. The van der Waals surface area contributed by atoms with Crippen LogP contribution < -0.4 is 0 Å². The lowest BCUT2D eigenvalue weighted by Gasteiger charge is -1.99. The number of rotatable bonds is 1. The highest BCUT2D eigenvalue weighted by Gasteiger charge is 2.12. The number of nitrogens with one attached hydrogen (secondary N) is 1. The molecule has 0 unspecified atom stereocenters. The molecule has 0 radical (unpaired) electrons. The molecule has 3 aromatic rings. The minimum absolute atomic E-state index is 0.215. The smallest absolute Gasteiger partial charge is 0.151 e. The maximum atomic E-state index is 13.7. The minimum atomic E-state index is -0.426. The van der Waals surface area contributed by atoms with Crippen molar-refractivity contribution in [3.8, 4) is 11.4 Å². The second-order valence-corrected chi connectivity index (χ2v) is 4.76. The van der Waals surface area contributed by atoms with Crippen molar-refractivity contribution >= 4 is 27.0 Å². The molecular formula is C13H7BrF2N2. The Kier molecular flexibility index (Phi) is 2.63. The molecule has 0 saturated heterocycles. The Bertz CT molecular complexity index is 737. The third-order valence-electron chi connectivity index (χ3n) is 2.65. The SMILES string of the molecule is Fc1ccc(Br)cc1-c1nc2c(F)cccc2[nH]1. The number of aromatic nitrogens is 2. The fourth-order valence-corrected chi connectivity index (χ4v) is 2.16. The second-order valence-electron chi connectivity index (χ2n) is 3.85. The van der Waals surface area contributed by atoms with Crippen LogP contribution >= 0.6 is 15.9 Å². The molecular weight excluding hydrogens is 302 g/mol. The zero-order chi connectivity index (χ0) is 12.7. The van der Waals surface area contributed by atoms with E-state index in [0.717, 1.165) is 4.47 Å². The maximum absolute atomic E-state index is 13.7. The first kappa shape index (κ1) is 11.3. The van der Waals surface area contributed by atoms with E-state index in [1.165, 1.54) is 12.1 Å². The monoisotopic (exact) mass is 308 g/mol. The van der Waals surface area contributed by atoms with Gasteiger partial charge in [0.2, 0.25) is 0 Å². The van der Waals surface area contributed by atoms with Crippen molar-refractivity contribution in [3.05, 3.63) is 52.5 Å². The fourth-order valence-electron chi connectivity index (χ4n) is 1.80. The molecule has 0 saturated carbocycles. The van der Waals surface area contributed by atoms with E-state index in [4.69, 9.17) is 0 Å². The van der Waals surface area contributed by atoms with Crippen LogP contribution in [-0.2, 0) is 0 Å². The van der Waals surface area contributed by atoms with Gasteiger partial charge in [0, 0.05) is 4.47 Å². The number of H-pyrrole nitrogens is 1. The van der Waals surface area contributed by atoms with Crippen LogP contribution in [0.25, 0.3) is 22.4 Å². The van der Waals surface area contributed by atoms with Crippen molar-refractivity contribution in [3.63, 3.8) is 0 Å². The largest absolute Gasteiger partial charge is 0.338 e. The third-order valence-corrected chi connectivity index (χ3v) is 3.14. The lowest BCUT2D eigenvalue weighted by atomic mass is 10.2. The normalized spacial score (nSPS) is 11.1. The summed E-state index contributed by atoms with van der Waals surface area (Å²) >= 11 is 3.27. The van der Waals surface area contributed by atoms with Gasteiger partial charge in [0.25, 0.3) is 0 Å².